The van der Waals surface area contributed by atoms with Crippen LogP contribution >= 0.6 is 11.3 Å². The first-order valence-corrected chi connectivity index (χ1v) is 7.82. The number of hydrogen-bond acceptors (Lipinski definition) is 4. The normalized spacial score (nSPS) is 15.8. The molecular formula is C15H19N3S. The number of nitrogens with one attached hydrogen (secondary N) is 1. The minimum absolute atomic E-state index is 0.402. The Kier molecular flexibility index (Phi) is 3.78. The lowest BCUT2D eigenvalue weighted by Gasteiger charge is -2.20. The number of aryl methyl sites for hydroxylation is 1. The number of rotatable bonds is 4. The standard InChI is InChI=1S/C15H19N3S/c1-11(9-12-5-4-8-19-12)18-15-13-6-2-3-7-14(13)16-10-17-15/h4-5,8,10-11H,2-3,6-7,9H2,1H3,(H,16,17,18). The third kappa shape index (κ3) is 2.95. The smallest absolute Gasteiger partial charge is 0.133 e. The molecule has 4 heteroatoms. The summed E-state index contributed by atoms with van der Waals surface area (Å²) in [5.74, 6) is 1.05. The summed E-state index contributed by atoms with van der Waals surface area (Å²) in [4.78, 5) is 10.3. The molecule has 100 valence electrons. The monoisotopic (exact) mass is 273 g/mol. The summed E-state index contributed by atoms with van der Waals surface area (Å²) in [5, 5.41) is 5.70. The van der Waals surface area contributed by atoms with Crippen molar-refractivity contribution < 1.29 is 0 Å². The molecule has 0 radical (unpaired) electrons. The lowest BCUT2D eigenvalue weighted by molar-refractivity contribution is 0.660. The van der Waals surface area contributed by atoms with E-state index in [4.69, 9.17) is 0 Å². The highest BCUT2D eigenvalue weighted by Gasteiger charge is 2.16. The second-order valence-corrected chi connectivity index (χ2v) is 6.22. The molecule has 19 heavy (non-hydrogen) atoms. The maximum Gasteiger partial charge on any atom is 0.133 e. The van der Waals surface area contributed by atoms with E-state index in [9.17, 15) is 0 Å². The molecule has 1 unspecified atom stereocenters. The number of nitrogens with zero attached hydrogens (tertiary/aromatic N) is 2. The molecule has 0 fully saturated rings. The molecule has 2 heterocycles. The van der Waals surface area contributed by atoms with Crippen LogP contribution in [-0.4, -0.2) is 16.0 Å². The summed E-state index contributed by atoms with van der Waals surface area (Å²) in [5.41, 5.74) is 2.58. The van der Waals surface area contributed by atoms with Gasteiger partial charge in [-0.2, -0.15) is 0 Å². The Morgan fingerprint density at radius 3 is 3.05 bits per heavy atom. The molecule has 0 saturated heterocycles. The van der Waals surface area contributed by atoms with E-state index in [-0.39, 0.29) is 0 Å². The van der Waals surface area contributed by atoms with Gasteiger partial charge in [0.1, 0.15) is 12.1 Å². The maximum atomic E-state index is 4.44. The fourth-order valence-electron chi connectivity index (χ4n) is 2.66. The van der Waals surface area contributed by atoms with E-state index in [1.165, 1.54) is 29.0 Å². The molecular weight excluding hydrogens is 254 g/mol. The van der Waals surface area contributed by atoms with E-state index in [2.05, 4.69) is 39.7 Å². The largest absolute Gasteiger partial charge is 0.367 e. The minimum atomic E-state index is 0.402. The van der Waals surface area contributed by atoms with Gasteiger partial charge in [-0.1, -0.05) is 6.07 Å². The van der Waals surface area contributed by atoms with Crippen LogP contribution in [0.1, 0.15) is 35.9 Å². The van der Waals surface area contributed by atoms with Crippen molar-refractivity contribution in [3.63, 3.8) is 0 Å². The highest BCUT2D eigenvalue weighted by molar-refractivity contribution is 7.09. The molecule has 2 aromatic heterocycles. The zero-order valence-electron chi connectivity index (χ0n) is 11.2. The highest BCUT2D eigenvalue weighted by Crippen LogP contribution is 2.25. The van der Waals surface area contributed by atoms with Crippen molar-refractivity contribution in [2.75, 3.05) is 5.32 Å². The van der Waals surface area contributed by atoms with E-state index in [0.717, 1.165) is 25.1 Å². The summed E-state index contributed by atoms with van der Waals surface area (Å²) in [6, 6.07) is 4.71. The first-order chi connectivity index (χ1) is 9.33. The summed E-state index contributed by atoms with van der Waals surface area (Å²) < 4.78 is 0. The van der Waals surface area contributed by atoms with E-state index in [0.29, 0.717) is 6.04 Å². The van der Waals surface area contributed by atoms with Crippen LogP contribution in [0.5, 0.6) is 0 Å². The van der Waals surface area contributed by atoms with Crippen molar-refractivity contribution >= 4 is 17.2 Å². The lowest BCUT2D eigenvalue weighted by Crippen LogP contribution is -2.21. The Morgan fingerprint density at radius 1 is 1.32 bits per heavy atom. The first-order valence-electron chi connectivity index (χ1n) is 6.94. The topological polar surface area (TPSA) is 37.8 Å². The summed E-state index contributed by atoms with van der Waals surface area (Å²) in [7, 11) is 0. The molecule has 3 nitrogen and oxygen atoms in total. The van der Waals surface area contributed by atoms with Gasteiger partial charge in [-0.3, -0.25) is 0 Å². The Labute approximate surface area is 118 Å². The molecule has 0 spiro atoms. The van der Waals surface area contributed by atoms with Crippen molar-refractivity contribution in [3.8, 4) is 0 Å². The van der Waals surface area contributed by atoms with E-state index < -0.39 is 0 Å². The fourth-order valence-corrected chi connectivity index (χ4v) is 3.50. The minimum Gasteiger partial charge on any atom is -0.367 e. The van der Waals surface area contributed by atoms with Gasteiger partial charge in [-0.05, 0) is 44.1 Å². The zero-order valence-corrected chi connectivity index (χ0v) is 12.0. The second-order valence-electron chi connectivity index (χ2n) is 5.18. The van der Waals surface area contributed by atoms with Crippen LogP contribution in [0, 0.1) is 0 Å². The Balaban J connectivity index is 1.72. The average Bonchev–Trinajstić information content (AvgIpc) is 2.92. The number of thiophene rings is 1. The molecule has 1 atom stereocenters. The van der Waals surface area contributed by atoms with Gasteiger partial charge in [0.25, 0.3) is 0 Å². The molecule has 0 aromatic carbocycles. The van der Waals surface area contributed by atoms with Crippen molar-refractivity contribution in [2.45, 2.75) is 45.1 Å². The molecule has 0 amide bonds. The van der Waals surface area contributed by atoms with Gasteiger partial charge in [-0.25, -0.2) is 9.97 Å². The van der Waals surface area contributed by atoms with Crippen LogP contribution in [0.2, 0.25) is 0 Å². The fraction of sp³-hybridized carbons (Fsp3) is 0.467. The van der Waals surface area contributed by atoms with Crippen LogP contribution in [0.25, 0.3) is 0 Å². The average molecular weight is 273 g/mol. The Hall–Kier alpha value is -1.42. The predicted octanol–water partition coefficient (Wildman–Crippen LogP) is 3.46. The first kappa shape index (κ1) is 12.6. The molecule has 3 rings (SSSR count). The number of anilines is 1. The van der Waals surface area contributed by atoms with Crippen LogP contribution in [0.15, 0.2) is 23.8 Å². The van der Waals surface area contributed by atoms with Crippen molar-refractivity contribution in [3.05, 3.63) is 40.0 Å². The molecule has 2 aromatic rings. The third-order valence-corrected chi connectivity index (χ3v) is 4.49. The van der Waals surface area contributed by atoms with Gasteiger partial charge in [0.15, 0.2) is 0 Å². The van der Waals surface area contributed by atoms with Crippen molar-refractivity contribution in [1.82, 2.24) is 9.97 Å². The lowest BCUT2D eigenvalue weighted by atomic mass is 9.96. The quantitative estimate of drug-likeness (QED) is 0.927. The maximum absolute atomic E-state index is 4.44. The van der Waals surface area contributed by atoms with Gasteiger partial charge in [0, 0.05) is 28.6 Å². The van der Waals surface area contributed by atoms with Crippen LogP contribution < -0.4 is 5.32 Å². The molecule has 1 N–H and O–H groups in total. The van der Waals surface area contributed by atoms with Crippen molar-refractivity contribution in [2.24, 2.45) is 0 Å². The SMILES string of the molecule is CC(Cc1cccs1)Nc1ncnc2c1CCCC2. The highest BCUT2D eigenvalue weighted by atomic mass is 32.1. The zero-order chi connectivity index (χ0) is 13.1. The molecule has 0 aliphatic heterocycles. The second kappa shape index (κ2) is 5.70. The molecule has 0 saturated carbocycles. The van der Waals surface area contributed by atoms with Crippen LogP contribution in [0.4, 0.5) is 5.82 Å². The molecule has 1 aliphatic carbocycles. The number of aromatic nitrogens is 2. The Bertz CT molecular complexity index is 536. The van der Waals surface area contributed by atoms with E-state index in [1.807, 2.05) is 11.3 Å². The van der Waals surface area contributed by atoms with E-state index in [1.54, 1.807) is 6.33 Å². The van der Waals surface area contributed by atoms with Gasteiger partial charge in [0.05, 0.1) is 0 Å². The molecule has 0 bridgehead atoms. The Morgan fingerprint density at radius 2 is 2.21 bits per heavy atom. The number of hydrogen-bond donors (Lipinski definition) is 1. The summed E-state index contributed by atoms with van der Waals surface area (Å²) >= 11 is 1.82. The molecule has 1 aliphatic rings. The predicted molar refractivity (Wildman–Crippen MR) is 79.8 cm³/mol. The van der Waals surface area contributed by atoms with Gasteiger partial charge in [0.2, 0.25) is 0 Å². The number of fused-ring (bicyclic) bond motifs is 1. The third-order valence-electron chi connectivity index (χ3n) is 3.60. The summed E-state index contributed by atoms with van der Waals surface area (Å²) in [6.07, 6.45) is 7.49. The van der Waals surface area contributed by atoms with Gasteiger partial charge in [-0.15, -0.1) is 11.3 Å². The van der Waals surface area contributed by atoms with Crippen LogP contribution in [-0.2, 0) is 19.3 Å². The summed E-state index contributed by atoms with van der Waals surface area (Å²) in [6.45, 7) is 2.22. The van der Waals surface area contributed by atoms with E-state index >= 15 is 0 Å². The van der Waals surface area contributed by atoms with Gasteiger partial charge < -0.3 is 5.32 Å². The van der Waals surface area contributed by atoms with Gasteiger partial charge >= 0.3 is 0 Å². The van der Waals surface area contributed by atoms with Crippen LogP contribution in [0.3, 0.4) is 0 Å². The van der Waals surface area contributed by atoms with Crippen molar-refractivity contribution in [1.29, 1.82) is 0 Å².